The molecule has 1 saturated carbocycles. The van der Waals surface area contributed by atoms with Gasteiger partial charge in [0.2, 0.25) is 0 Å². The van der Waals surface area contributed by atoms with Crippen molar-refractivity contribution in [2.24, 2.45) is 5.92 Å². The number of carbonyl (C=O) groups excluding carboxylic acids is 1. The van der Waals surface area contributed by atoms with E-state index in [2.05, 4.69) is 11.8 Å². The summed E-state index contributed by atoms with van der Waals surface area (Å²) in [5, 5.41) is 0. The standard InChI is InChI=1S/C12H18O/c1-2-3-10-12(13)11-8-6-4-5-7-9-11/h11H,4-10H2,1H3. The fourth-order valence-electron chi connectivity index (χ4n) is 1.92. The lowest BCUT2D eigenvalue weighted by molar-refractivity contribution is -0.122. The van der Waals surface area contributed by atoms with Crippen molar-refractivity contribution >= 4 is 5.78 Å². The second-order valence-electron chi connectivity index (χ2n) is 3.76. The van der Waals surface area contributed by atoms with Crippen LogP contribution in [0.2, 0.25) is 0 Å². The molecule has 1 aliphatic rings. The summed E-state index contributed by atoms with van der Waals surface area (Å²) in [6.45, 7) is 1.79. The highest BCUT2D eigenvalue weighted by Crippen LogP contribution is 2.24. The Morgan fingerprint density at radius 3 is 2.38 bits per heavy atom. The van der Waals surface area contributed by atoms with Crippen LogP contribution < -0.4 is 0 Å². The van der Waals surface area contributed by atoms with Crippen LogP contribution in [0.25, 0.3) is 0 Å². The molecular formula is C12H18O. The van der Waals surface area contributed by atoms with Gasteiger partial charge < -0.3 is 0 Å². The van der Waals surface area contributed by atoms with Crippen LogP contribution in [0.1, 0.15) is 51.9 Å². The molecule has 0 heterocycles. The van der Waals surface area contributed by atoms with Crippen LogP contribution in [0, 0.1) is 17.8 Å². The highest BCUT2D eigenvalue weighted by Gasteiger charge is 2.18. The monoisotopic (exact) mass is 178 g/mol. The lowest BCUT2D eigenvalue weighted by Crippen LogP contribution is -2.12. The van der Waals surface area contributed by atoms with Crippen LogP contribution in [0.15, 0.2) is 0 Å². The molecule has 1 aliphatic carbocycles. The number of hydrogen-bond donors (Lipinski definition) is 0. The zero-order chi connectivity index (χ0) is 9.52. The zero-order valence-electron chi connectivity index (χ0n) is 8.44. The topological polar surface area (TPSA) is 17.1 Å². The first-order valence-corrected chi connectivity index (χ1v) is 5.27. The fourth-order valence-corrected chi connectivity index (χ4v) is 1.92. The Morgan fingerprint density at radius 2 is 1.85 bits per heavy atom. The third-order valence-electron chi connectivity index (χ3n) is 2.75. The highest BCUT2D eigenvalue weighted by molar-refractivity contribution is 5.83. The molecule has 0 aromatic carbocycles. The van der Waals surface area contributed by atoms with Gasteiger partial charge in [0.1, 0.15) is 5.78 Å². The number of hydrogen-bond acceptors (Lipinski definition) is 1. The highest BCUT2D eigenvalue weighted by atomic mass is 16.1. The van der Waals surface area contributed by atoms with Crippen molar-refractivity contribution in [2.75, 3.05) is 0 Å². The summed E-state index contributed by atoms with van der Waals surface area (Å²) in [6, 6.07) is 0. The molecule has 0 spiro atoms. The normalized spacial score (nSPS) is 18.5. The van der Waals surface area contributed by atoms with E-state index in [0.717, 1.165) is 12.8 Å². The van der Waals surface area contributed by atoms with E-state index in [0.29, 0.717) is 18.1 Å². The minimum Gasteiger partial charge on any atom is -0.298 e. The van der Waals surface area contributed by atoms with Crippen LogP contribution in [0.4, 0.5) is 0 Å². The van der Waals surface area contributed by atoms with Crippen molar-refractivity contribution in [1.82, 2.24) is 0 Å². The number of ketones is 1. The van der Waals surface area contributed by atoms with Gasteiger partial charge in [-0.2, -0.15) is 0 Å². The minimum atomic E-state index is 0.323. The first-order valence-electron chi connectivity index (χ1n) is 5.27. The number of carbonyl (C=O) groups is 1. The molecular weight excluding hydrogens is 160 g/mol. The van der Waals surface area contributed by atoms with Crippen LogP contribution in [-0.2, 0) is 4.79 Å². The lowest BCUT2D eigenvalue weighted by Gasteiger charge is -2.09. The first-order chi connectivity index (χ1) is 6.34. The molecule has 0 amide bonds. The number of Topliss-reactive ketones (excluding diaryl/α,β-unsaturated/α-hetero) is 1. The molecule has 0 radical (unpaired) electrons. The van der Waals surface area contributed by atoms with E-state index in [4.69, 9.17) is 0 Å². The molecule has 1 nitrogen and oxygen atoms in total. The van der Waals surface area contributed by atoms with Crippen molar-refractivity contribution < 1.29 is 4.79 Å². The fraction of sp³-hybridized carbons (Fsp3) is 0.750. The van der Waals surface area contributed by atoms with E-state index in [-0.39, 0.29) is 0 Å². The molecule has 0 aromatic heterocycles. The third-order valence-corrected chi connectivity index (χ3v) is 2.75. The Kier molecular flexibility index (Phi) is 4.60. The van der Waals surface area contributed by atoms with E-state index in [1.54, 1.807) is 6.92 Å². The van der Waals surface area contributed by atoms with E-state index in [1.807, 2.05) is 0 Å². The van der Waals surface area contributed by atoms with E-state index < -0.39 is 0 Å². The Hall–Kier alpha value is -0.770. The zero-order valence-corrected chi connectivity index (χ0v) is 8.44. The van der Waals surface area contributed by atoms with Crippen LogP contribution in [-0.4, -0.2) is 5.78 Å². The van der Waals surface area contributed by atoms with Gasteiger partial charge in [0.15, 0.2) is 0 Å². The minimum absolute atomic E-state index is 0.323. The average Bonchev–Trinajstić information content (AvgIpc) is 2.42. The van der Waals surface area contributed by atoms with Gasteiger partial charge >= 0.3 is 0 Å². The Balaban J connectivity index is 2.37. The predicted molar refractivity (Wildman–Crippen MR) is 54.3 cm³/mol. The summed E-state index contributed by atoms with van der Waals surface area (Å²) in [7, 11) is 0. The van der Waals surface area contributed by atoms with Crippen molar-refractivity contribution in [3.8, 4) is 11.8 Å². The van der Waals surface area contributed by atoms with E-state index in [1.165, 1.54) is 25.7 Å². The van der Waals surface area contributed by atoms with Crippen molar-refractivity contribution in [2.45, 2.75) is 51.9 Å². The average molecular weight is 178 g/mol. The van der Waals surface area contributed by atoms with Crippen LogP contribution >= 0.6 is 0 Å². The van der Waals surface area contributed by atoms with Gasteiger partial charge in [-0.05, 0) is 19.8 Å². The third kappa shape index (κ3) is 3.63. The molecule has 0 aromatic rings. The quantitative estimate of drug-likeness (QED) is 0.469. The molecule has 13 heavy (non-hydrogen) atoms. The summed E-state index contributed by atoms with van der Waals surface area (Å²) >= 11 is 0. The largest absolute Gasteiger partial charge is 0.298 e. The van der Waals surface area contributed by atoms with Crippen LogP contribution in [0.3, 0.4) is 0 Å². The second kappa shape index (κ2) is 5.80. The summed E-state index contributed by atoms with van der Waals surface area (Å²) in [5.41, 5.74) is 0. The molecule has 1 rings (SSSR count). The molecule has 0 atom stereocenters. The summed E-state index contributed by atoms with van der Waals surface area (Å²) in [5.74, 6) is 6.34. The number of rotatable bonds is 2. The van der Waals surface area contributed by atoms with Crippen molar-refractivity contribution in [1.29, 1.82) is 0 Å². The van der Waals surface area contributed by atoms with Crippen molar-refractivity contribution in [3.05, 3.63) is 0 Å². The first kappa shape index (κ1) is 10.3. The summed E-state index contributed by atoms with van der Waals surface area (Å²) < 4.78 is 0. The molecule has 1 heteroatoms. The Labute approximate surface area is 80.9 Å². The maximum atomic E-state index is 11.6. The molecule has 1 fully saturated rings. The summed E-state index contributed by atoms with van der Waals surface area (Å²) in [4.78, 5) is 11.6. The predicted octanol–water partition coefficient (Wildman–Crippen LogP) is 2.94. The van der Waals surface area contributed by atoms with E-state index in [9.17, 15) is 4.79 Å². The Bertz CT molecular complexity index is 211. The molecule has 0 saturated heterocycles. The van der Waals surface area contributed by atoms with Gasteiger partial charge in [-0.15, -0.1) is 5.92 Å². The second-order valence-corrected chi connectivity index (χ2v) is 3.76. The molecule has 0 unspecified atom stereocenters. The maximum Gasteiger partial charge on any atom is 0.147 e. The van der Waals surface area contributed by atoms with Gasteiger partial charge in [0.05, 0.1) is 6.42 Å². The molecule has 72 valence electrons. The van der Waals surface area contributed by atoms with E-state index >= 15 is 0 Å². The summed E-state index contributed by atoms with van der Waals surface area (Å²) in [6.07, 6.45) is 7.76. The van der Waals surface area contributed by atoms with Crippen LogP contribution in [0.5, 0.6) is 0 Å². The van der Waals surface area contributed by atoms with Gasteiger partial charge in [-0.1, -0.05) is 31.6 Å². The SMILES string of the molecule is CC#CCC(=O)C1CCCCCC1. The Morgan fingerprint density at radius 1 is 1.23 bits per heavy atom. The molecule has 0 aliphatic heterocycles. The lowest BCUT2D eigenvalue weighted by atomic mass is 9.94. The molecule has 0 bridgehead atoms. The van der Waals surface area contributed by atoms with Gasteiger partial charge in [0, 0.05) is 5.92 Å². The smallest absolute Gasteiger partial charge is 0.147 e. The van der Waals surface area contributed by atoms with Crippen molar-refractivity contribution in [3.63, 3.8) is 0 Å². The van der Waals surface area contributed by atoms with Gasteiger partial charge in [-0.25, -0.2) is 0 Å². The maximum absolute atomic E-state index is 11.6. The molecule has 0 N–H and O–H groups in total. The van der Waals surface area contributed by atoms with Gasteiger partial charge in [0.25, 0.3) is 0 Å². The van der Waals surface area contributed by atoms with Gasteiger partial charge in [-0.3, -0.25) is 4.79 Å².